The quantitative estimate of drug-likeness (QED) is 0.758. The lowest BCUT2D eigenvalue weighted by Gasteiger charge is -1.99. The van der Waals surface area contributed by atoms with E-state index in [1.807, 2.05) is 24.3 Å². The van der Waals surface area contributed by atoms with Crippen LogP contribution in [0.4, 0.5) is 5.82 Å². The Morgan fingerprint density at radius 3 is 2.36 bits per heavy atom. The van der Waals surface area contributed by atoms with E-state index in [2.05, 4.69) is 20.9 Å². The zero-order chi connectivity index (χ0) is 10.1. The molecule has 0 aliphatic heterocycles. The third kappa shape index (κ3) is 1.46. The fourth-order valence-electron chi connectivity index (χ4n) is 1.20. The highest BCUT2D eigenvalue weighted by molar-refractivity contribution is 9.10. The Morgan fingerprint density at radius 1 is 1.21 bits per heavy atom. The molecule has 0 radical (unpaired) electrons. The van der Waals surface area contributed by atoms with Gasteiger partial charge in [-0.2, -0.15) is 0 Å². The maximum atomic E-state index is 5.74. The number of benzene rings is 1. The van der Waals surface area contributed by atoms with Crippen LogP contribution in [-0.4, -0.2) is 9.66 Å². The lowest BCUT2D eigenvalue weighted by atomic mass is 10.1. The predicted octanol–water partition coefficient (Wildman–Crippen LogP) is 1.61. The van der Waals surface area contributed by atoms with Gasteiger partial charge in [0.1, 0.15) is 17.8 Å². The topological polar surface area (TPSA) is 69.9 Å². The largest absolute Gasteiger partial charge is 0.382 e. The van der Waals surface area contributed by atoms with E-state index in [4.69, 9.17) is 11.6 Å². The van der Waals surface area contributed by atoms with Crippen LogP contribution in [0.2, 0.25) is 0 Å². The molecule has 14 heavy (non-hydrogen) atoms. The fraction of sp³-hybridized carbons (Fsp3) is 0. The first-order valence-electron chi connectivity index (χ1n) is 4.02. The zero-order valence-electron chi connectivity index (χ0n) is 7.31. The molecule has 5 heteroatoms. The molecule has 4 nitrogen and oxygen atoms in total. The zero-order valence-corrected chi connectivity index (χ0v) is 8.90. The molecule has 1 aromatic carbocycles. The minimum atomic E-state index is 0.465. The summed E-state index contributed by atoms with van der Waals surface area (Å²) in [5.74, 6) is 5.99. The van der Waals surface area contributed by atoms with Gasteiger partial charge in [0.15, 0.2) is 0 Å². The predicted molar refractivity (Wildman–Crippen MR) is 59.9 cm³/mol. The summed E-state index contributed by atoms with van der Waals surface area (Å²) in [6.07, 6.45) is 1.49. The lowest BCUT2D eigenvalue weighted by Crippen LogP contribution is -2.09. The molecule has 0 saturated carbocycles. The third-order valence-corrected chi connectivity index (χ3v) is 2.48. The summed E-state index contributed by atoms with van der Waals surface area (Å²) in [5, 5.41) is 0. The fourth-order valence-corrected chi connectivity index (χ4v) is 1.47. The number of halogens is 1. The third-order valence-electron chi connectivity index (χ3n) is 1.95. The van der Waals surface area contributed by atoms with Crippen molar-refractivity contribution in [2.45, 2.75) is 0 Å². The molecule has 2 aromatic rings. The Kier molecular flexibility index (Phi) is 2.17. The highest BCUT2D eigenvalue weighted by Gasteiger charge is 2.07. The van der Waals surface area contributed by atoms with Gasteiger partial charge < -0.3 is 11.6 Å². The average molecular weight is 253 g/mol. The van der Waals surface area contributed by atoms with Gasteiger partial charge in [-0.25, -0.2) is 9.66 Å². The van der Waals surface area contributed by atoms with Crippen LogP contribution < -0.4 is 11.6 Å². The molecule has 1 heterocycles. The second-order valence-electron chi connectivity index (χ2n) is 2.89. The van der Waals surface area contributed by atoms with Crippen molar-refractivity contribution in [1.82, 2.24) is 9.66 Å². The van der Waals surface area contributed by atoms with Crippen LogP contribution in [0.25, 0.3) is 11.3 Å². The maximum Gasteiger partial charge on any atom is 0.150 e. The van der Waals surface area contributed by atoms with Crippen LogP contribution in [0, 0.1) is 0 Å². The number of nitrogens with zero attached hydrogens (tertiary/aromatic N) is 2. The van der Waals surface area contributed by atoms with Gasteiger partial charge in [0.2, 0.25) is 0 Å². The Bertz CT molecular complexity index is 446. The van der Waals surface area contributed by atoms with Crippen molar-refractivity contribution in [3.05, 3.63) is 35.1 Å². The number of aromatic nitrogens is 2. The summed E-state index contributed by atoms with van der Waals surface area (Å²) in [6, 6.07) is 7.74. The highest BCUT2D eigenvalue weighted by Crippen LogP contribution is 2.24. The molecular formula is C9H9BrN4. The van der Waals surface area contributed by atoms with E-state index in [1.54, 1.807) is 0 Å². The van der Waals surface area contributed by atoms with Gasteiger partial charge in [-0.1, -0.05) is 28.1 Å². The molecular weight excluding hydrogens is 244 g/mol. The number of hydrogen-bond donors (Lipinski definition) is 2. The maximum absolute atomic E-state index is 5.74. The number of rotatable bonds is 1. The van der Waals surface area contributed by atoms with Gasteiger partial charge in [0, 0.05) is 10.0 Å². The molecule has 0 aliphatic carbocycles. The van der Waals surface area contributed by atoms with E-state index in [-0.39, 0.29) is 0 Å². The van der Waals surface area contributed by atoms with Crippen LogP contribution in [0.15, 0.2) is 35.1 Å². The van der Waals surface area contributed by atoms with E-state index in [0.717, 1.165) is 10.0 Å². The van der Waals surface area contributed by atoms with Gasteiger partial charge in [0.25, 0.3) is 0 Å². The van der Waals surface area contributed by atoms with Crippen LogP contribution >= 0.6 is 15.9 Å². The van der Waals surface area contributed by atoms with Crippen molar-refractivity contribution < 1.29 is 0 Å². The van der Waals surface area contributed by atoms with Gasteiger partial charge >= 0.3 is 0 Å². The molecule has 0 atom stereocenters. The number of nitrogens with two attached hydrogens (primary N) is 2. The molecule has 1 aromatic heterocycles. The summed E-state index contributed by atoms with van der Waals surface area (Å²) < 4.78 is 2.32. The average Bonchev–Trinajstić information content (AvgIpc) is 2.50. The minimum absolute atomic E-state index is 0.465. The van der Waals surface area contributed by atoms with Crippen LogP contribution in [0.3, 0.4) is 0 Å². The summed E-state index contributed by atoms with van der Waals surface area (Å²) in [4.78, 5) is 4.11. The monoisotopic (exact) mass is 252 g/mol. The van der Waals surface area contributed by atoms with Crippen molar-refractivity contribution in [3.8, 4) is 11.3 Å². The van der Waals surface area contributed by atoms with Gasteiger partial charge in [-0.05, 0) is 12.1 Å². The van der Waals surface area contributed by atoms with Crippen LogP contribution in [0.5, 0.6) is 0 Å². The van der Waals surface area contributed by atoms with Crippen molar-refractivity contribution in [2.75, 3.05) is 11.6 Å². The normalized spacial score (nSPS) is 10.4. The molecule has 0 amide bonds. The van der Waals surface area contributed by atoms with Gasteiger partial charge in [-0.15, -0.1) is 0 Å². The van der Waals surface area contributed by atoms with E-state index in [1.165, 1.54) is 11.0 Å². The minimum Gasteiger partial charge on any atom is -0.382 e. The van der Waals surface area contributed by atoms with Crippen LogP contribution in [0.1, 0.15) is 0 Å². The summed E-state index contributed by atoms with van der Waals surface area (Å²) in [5.41, 5.74) is 7.40. The Balaban J connectivity index is 2.49. The number of hydrogen-bond acceptors (Lipinski definition) is 3. The SMILES string of the molecule is Nc1c(-c2ccc(Br)cc2)ncn1N. The molecule has 4 N–H and O–H groups in total. The van der Waals surface area contributed by atoms with Crippen molar-refractivity contribution in [2.24, 2.45) is 0 Å². The lowest BCUT2D eigenvalue weighted by molar-refractivity contribution is 1.01. The molecule has 0 saturated heterocycles. The van der Waals surface area contributed by atoms with E-state index in [0.29, 0.717) is 11.5 Å². The van der Waals surface area contributed by atoms with E-state index in [9.17, 15) is 0 Å². The molecule has 0 bridgehead atoms. The molecule has 0 unspecified atom stereocenters. The molecule has 0 fully saturated rings. The first-order valence-corrected chi connectivity index (χ1v) is 4.81. The molecule has 72 valence electrons. The van der Waals surface area contributed by atoms with Crippen LogP contribution in [-0.2, 0) is 0 Å². The summed E-state index contributed by atoms with van der Waals surface area (Å²) in [7, 11) is 0. The number of imidazole rings is 1. The Hall–Kier alpha value is -1.49. The molecule has 0 aliphatic rings. The summed E-state index contributed by atoms with van der Waals surface area (Å²) in [6.45, 7) is 0. The van der Waals surface area contributed by atoms with Gasteiger partial charge in [-0.3, -0.25) is 0 Å². The van der Waals surface area contributed by atoms with Crippen molar-refractivity contribution in [3.63, 3.8) is 0 Å². The van der Waals surface area contributed by atoms with Crippen molar-refractivity contribution >= 4 is 21.7 Å². The first kappa shape index (κ1) is 9.08. The molecule has 0 spiro atoms. The molecule has 2 rings (SSSR count). The van der Waals surface area contributed by atoms with E-state index < -0.39 is 0 Å². The Labute approximate surface area is 89.6 Å². The number of anilines is 1. The Morgan fingerprint density at radius 2 is 1.86 bits per heavy atom. The highest BCUT2D eigenvalue weighted by atomic mass is 79.9. The summed E-state index contributed by atoms with van der Waals surface area (Å²) >= 11 is 3.36. The standard InChI is InChI=1S/C9H9BrN4/c10-7-3-1-6(2-4-7)8-9(11)14(12)5-13-8/h1-5H,11-12H2. The van der Waals surface area contributed by atoms with Crippen molar-refractivity contribution in [1.29, 1.82) is 0 Å². The second-order valence-corrected chi connectivity index (χ2v) is 3.81. The van der Waals surface area contributed by atoms with Gasteiger partial charge in [0.05, 0.1) is 0 Å². The van der Waals surface area contributed by atoms with E-state index >= 15 is 0 Å². The second kappa shape index (κ2) is 3.34. The number of nitrogen functional groups attached to an aromatic ring is 2. The smallest absolute Gasteiger partial charge is 0.150 e. The first-order chi connectivity index (χ1) is 6.68.